The molecule has 15 heavy (non-hydrogen) atoms. The molecule has 2 heteroatoms. The number of benzene rings is 1. The van der Waals surface area contributed by atoms with E-state index in [9.17, 15) is 0 Å². The van der Waals surface area contributed by atoms with Gasteiger partial charge in [-0.25, -0.2) is 0 Å². The minimum Gasteiger partial charge on any atom is -0.343 e. The van der Waals surface area contributed by atoms with E-state index in [1.165, 1.54) is 16.6 Å². The molecule has 0 saturated carbocycles. The first kappa shape index (κ1) is 10.2. The van der Waals surface area contributed by atoms with E-state index in [-0.39, 0.29) is 5.54 Å². The van der Waals surface area contributed by atoms with E-state index in [1.807, 2.05) is 13.8 Å². The summed E-state index contributed by atoms with van der Waals surface area (Å²) >= 11 is 0. The predicted molar refractivity (Wildman–Crippen MR) is 64.8 cm³/mol. The van der Waals surface area contributed by atoms with Crippen LogP contribution in [0.2, 0.25) is 0 Å². The molecule has 0 bridgehead atoms. The summed E-state index contributed by atoms with van der Waals surface area (Å²) in [7, 11) is 0. The number of hydrogen-bond acceptors (Lipinski definition) is 1. The van der Waals surface area contributed by atoms with Crippen LogP contribution in [0, 0.1) is 0 Å². The van der Waals surface area contributed by atoms with Gasteiger partial charge in [0.1, 0.15) is 0 Å². The van der Waals surface area contributed by atoms with Crippen LogP contribution < -0.4 is 5.73 Å². The smallest absolute Gasteiger partial charge is 0.0506 e. The largest absolute Gasteiger partial charge is 0.343 e. The van der Waals surface area contributed by atoms with Crippen LogP contribution in [0.3, 0.4) is 0 Å². The zero-order valence-corrected chi connectivity index (χ0v) is 9.62. The van der Waals surface area contributed by atoms with Gasteiger partial charge < -0.3 is 10.3 Å². The lowest BCUT2D eigenvalue weighted by molar-refractivity contribution is 0.504. The second-order valence-electron chi connectivity index (χ2n) is 4.55. The number of nitrogens with two attached hydrogens (primary N) is 1. The van der Waals surface area contributed by atoms with Crippen molar-refractivity contribution in [1.29, 1.82) is 0 Å². The van der Waals surface area contributed by atoms with E-state index in [4.69, 9.17) is 5.73 Å². The molecule has 1 aromatic heterocycles. The molecular formula is C13H18N2. The maximum atomic E-state index is 6.18. The average Bonchev–Trinajstić information content (AvgIpc) is 2.55. The Kier molecular flexibility index (Phi) is 2.31. The van der Waals surface area contributed by atoms with Gasteiger partial charge in [-0.3, -0.25) is 0 Å². The van der Waals surface area contributed by atoms with Gasteiger partial charge in [0.25, 0.3) is 0 Å². The van der Waals surface area contributed by atoms with E-state index in [0.29, 0.717) is 0 Å². The van der Waals surface area contributed by atoms with Gasteiger partial charge in [0.15, 0.2) is 0 Å². The third kappa shape index (κ3) is 1.65. The first-order chi connectivity index (χ1) is 7.04. The van der Waals surface area contributed by atoms with Crippen molar-refractivity contribution < 1.29 is 0 Å². The SMILES string of the molecule is CCn1c(C(C)(C)N)cc2ccccc21. The number of rotatable bonds is 2. The van der Waals surface area contributed by atoms with Gasteiger partial charge in [0.05, 0.1) is 5.54 Å². The molecule has 2 nitrogen and oxygen atoms in total. The zero-order chi connectivity index (χ0) is 11.1. The quantitative estimate of drug-likeness (QED) is 0.797. The zero-order valence-electron chi connectivity index (χ0n) is 9.62. The van der Waals surface area contributed by atoms with Gasteiger partial charge >= 0.3 is 0 Å². The van der Waals surface area contributed by atoms with Crippen molar-refractivity contribution in [2.75, 3.05) is 0 Å². The standard InChI is InChI=1S/C13H18N2/c1-4-15-11-8-6-5-7-10(11)9-12(15)13(2,3)14/h5-9H,4,14H2,1-3H3. The fraction of sp³-hybridized carbons (Fsp3) is 0.385. The second kappa shape index (κ2) is 3.38. The number of fused-ring (bicyclic) bond motifs is 1. The van der Waals surface area contributed by atoms with Crippen molar-refractivity contribution in [1.82, 2.24) is 4.57 Å². The van der Waals surface area contributed by atoms with E-state index in [1.54, 1.807) is 0 Å². The monoisotopic (exact) mass is 202 g/mol. The van der Waals surface area contributed by atoms with Crippen molar-refractivity contribution in [3.8, 4) is 0 Å². The molecule has 1 aromatic carbocycles. The Morgan fingerprint density at radius 1 is 1.27 bits per heavy atom. The first-order valence-electron chi connectivity index (χ1n) is 5.41. The molecule has 0 fully saturated rings. The highest BCUT2D eigenvalue weighted by atomic mass is 15.0. The highest BCUT2D eigenvalue weighted by Crippen LogP contribution is 2.26. The first-order valence-corrected chi connectivity index (χ1v) is 5.41. The molecule has 0 saturated heterocycles. The topological polar surface area (TPSA) is 30.9 Å². The van der Waals surface area contributed by atoms with E-state index >= 15 is 0 Å². The van der Waals surface area contributed by atoms with E-state index < -0.39 is 0 Å². The highest BCUT2D eigenvalue weighted by Gasteiger charge is 2.20. The Morgan fingerprint density at radius 3 is 2.53 bits per heavy atom. The third-order valence-corrected chi connectivity index (χ3v) is 2.79. The van der Waals surface area contributed by atoms with Gasteiger partial charge in [-0.1, -0.05) is 18.2 Å². The molecule has 0 aliphatic heterocycles. The van der Waals surface area contributed by atoms with E-state index in [2.05, 4.69) is 41.8 Å². The molecule has 0 spiro atoms. The minimum absolute atomic E-state index is 0.283. The Balaban J connectivity index is 2.75. The summed E-state index contributed by atoms with van der Waals surface area (Å²) in [5.41, 5.74) is 8.37. The van der Waals surface area contributed by atoms with Crippen LogP contribution in [0.25, 0.3) is 10.9 Å². The van der Waals surface area contributed by atoms with Gasteiger partial charge in [-0.15, -0.1) is 0 Å². The van der Waals surface area contributed by atoms with Crippen LogP contribution in [-0.2, 0) is 12.1 Å². The molecule has 0 aliphatic carbocycles. The van der Waals surface area contributed by atoms with Crippen LogP contribution in [0.4, 0.5) is 0 Å². The summed E-state index contributed by atoms with van der Waals surface area (Å²) in [6.45, 7) is 7.21. The molecule has 0 amide bonds. The number of nitrogens with zero attached hydrogens (tertiary/aromatic N) is 1. The molecule has 0 atom stereocenters. The van der Waals surface area contributed by atoms with Crippen molar-refractivity contribution in [2.24, 2.45) is 5.73 Å². The molecule has 0 aliphatic rings. The molecule has 1 heterocycles. The van der Waals surface area contributed by atoms with Crippen LogP contribution >= 0.6 is 0 Å². The lowest BCUT2D eigenvalue weighted by Gasteiger charge is -2.21. The molecule has 0 radical (unpaired) electrons. The molecular weight excluding hydrogens is 184 g/mol. The van der Waals surface area contributed by atoms with E-state index in [0.717, 1.165) is 6.54 Å². The molecule has 0 unspecified atom stereocenters. The highest BCUT2D eigenvalue weighted by molar-refractivity contribution is 5.81. The summed E-state index contributed by atoms with van der Waals surface area (Å²) in [5.74, 6) is 0. The average molecular weight is 202 g/mol. The van der Waals surface area contributed by atoms with Crippen molar-refractivity contribution in [2.45, 2.75) is 32.9 Å². The Morgan fingerprint density at radius 2 is 1.93 bits per heavy atom. The Labute approximate surface area is 90.7 Å². The van der Waals surface area contributed by atoms with Crippen LogP contribution in [0.15, 0.2) is 30.3 Å². The predicted octanol–water partition coefficient (Wildman–Crippen LogP) is 2.86. The fourth-order valence-electron chi connectivity index (χ4n) is 2.08. The third-order valence-electron chi connectivity index (χ3n) is 2.79. The van der Waals surface area contributed by atoms with Crippen LogP contribution in [0.1, 0.15) is 26.5 Å². The number of para-hydroxylation sites is 1. The van der Waals surface area contributed by atoms with Gasteiger partial charge in [0.2, 0.25) is 0 Å². The van der Waals surface area contributed by atoms with Gasteiger partial charge in [0, 0.05) is 17.8 Å². The maximum absolute atomic E-state index is 6.18. The molecule has 80 valence electrons. The van der Waals surface area contributed by atoms with Crippen LogP contribution in [-0.4, -0.2) is 4.57 Å². The number of aryl methyl sites for hydroxylation is 1. The van der Waals surface area contributed by atoms with Crippen molar-refractivity contribution >= 4 is 10.9 Å². The summed E-state index contributed by atoms with van der Waals surface area (Å²) in [6, 6.07) is 10.6. The Hall–Kier alpha value is -1.28. The normalized spacial score (nSPS) is 12.3. The van der Waals surface area contributed by atoms with Crippen molar-refractivity contribution in [3.05, 3.63) is 36.0 Å². The van der Waals surface area contributed by atoms with Crippen molar-refractivity contribution in [3.63, 3.8) is 0 Å². The summed E-state index contributed by atoms with van der Waals surface area (Å²) in [5, 5.41) is 1.27. The Bertz CT molecular complexity index is 475. The van der Waals surface area contributed by atoms with Crippen LogP contribution in [0.5, 0.6) is 0 Å². The summed E-state index contributed by atoms with van der Waals surface area (Å²) < 4.78 is 2.29. The lowest BCUT2D eigenvalue weighted by Crippen LogP contribution is -2.31. The maximum Gasteiger partial charge on any atom is 0.0506 e. The molecule has 2 aromatic rings. The summed E-state index contributed by atoms with van der Waals surface area (Å²) in [6.07, 6.45) is 0. The van der Waals surface area contributed by atoms with Gasteiger partial charge in [-0.2, -0.15) is 0 Å². The minimum atomic E-state index is -0.283. The van der Waals surface area contributed by atoms with Gasteiger partial charge in [-0.05, 0) is 38.3 Å². The molecule has 2 rings (SSSR count). The number of hydrogen-bond donors (Lipinski definition) is 1. The second-order valence-corrected chi connectivity index (χ2v) is 4.55. The fourth-order valence-corrected chi connectivity index (χ4v) is 2.08. The molecule has 2 N–H and O–H groups in total. The lowest BCUT2D eigenvalue weighted by atomic mass is 10.0. The summed E-state index contributed by atoms with van der Waals surface area (Å²) in [4.78, 5) is 0. The number of aromatic nitrogens is 1.